The third-order valence-electron chi connectivity index (χ3n) is 4.92. The van der Waals surface area contributed by atoms with Gasteiger partial charge in [-0.2, -0.15) is 0 Å². The summed E-state index contributed by atoms with van der Waals surface area (Å²) in [5, 5.41) is 0. The molecule has 26 heavy (non-hydrogen) atoms. The van der Waals surface area contributed by atoms with Crippen LogP contribution in [0.3, 0.4) is 0 Å². The minimum absolute atomic E-state index is 0.888. The van der Waals surface area contributed by atoms with Crippen molar-refractivity contribution in [3.63, 3.8) is 0 Å². The van der Waals surface area contributed by atoms with Gasteiger partial charge in [0.1, 0.15) is 18.6 Å². The van der Waals surface area contributed by atoms with E-state index >= 15 is 0 Å². The number of hydrogen-bond acceptors (Lipinski definition) is 1. The summed E-state index contributed by atoms with van der Waals surface area (Å²) >= 11 is 0. The van der Waals surface area contributed by atoms with E-state index in [9.17, 15) is 0 Å². The molecule has 0 fully saturated rings. The van der Waals surface area contributed by atoms with Crippen LogP contribution in [0.2, 0.25) is 0 Å². The van der Waals surface area contributed by atoms with Gasteiger partial charge in [-0.15, -0.1) is 0 Å². The lowest BCUT2D eigenvalue weighted by Crippen LogP contribution is -2.07. The van der Waals surface area contributed by atoms with Crippen LogP contribution in [-0.2, 0) is 0 Å². The fraction of sp³-hybridized carbons (Fsp3) is 0.0417. The number of fused-ring (bicyclic) bond motifs is 2. The Morgan fingerprint density at radius 2 is 1.42 bits per heavy atom. The molecule has 2 heterocycles. The van der Waals surface area contributed by atoms with Gasteiger partial charge in [0.25, 0.3) is 0 Å². The number of nitrogens with zero attached hydrogens (tertiary/aromatic N) is 1. The topological polar surface area (TPSA) is 12.2 Å². The van der Waals surface area contributed by atoms with Crippen LogP contribution in [0.25, 0.3) is 11.1 Å². The van der Waals surface area contributed by atoms with Crippen LogP contribution in [0.4, 0.5) is 5.69 Å². The molecule has 0 atom stereocenters. The van der Waals surface area contributed by atoms with Gasteiger partial charge in [0.05, 0.1) is 11.1 Å². The Hall–Kier alpha value is -3.39. The third kappa shape index (κ3) is 2.31. The van der Waals surface area contributed by atoms with E-state index in [1.54, 1.807) is 0 Å². The van der Waals surface area contributed by atoms with Crippen molar-refractivity contribution < 1.29 is 9.31 Å². The molecule has 0 bridgehead atoms. The zero-order chi connectivity index (χ0) is 17.5. The molecule has 2 heteroatoms. The molecule has 0 saturated heterocycles. The first-order valence-electron chi connectivity index (χ1n) is 8.77. The molecule has 0 unspecified atom stereocenters. The van der Waals surface area contributed by atoms with Crippen LogP contribution in [0.15, 0.2) is 90.7 Å². The summed E-state index contributed by atoms with van der Waals surface area (Å²) in [5.41, 5.74) is 7.03. The van der Waals surface area contributed by atoms with Crippen molar-refractivity contribution in [1.82, 2.24) is 0 Å². The van der Waals surface area contributed by atoms with Gasteiger partial charge >= 0.3 is 0 Å². The number of benzene rings is 3. The van der Waals surface area contributed by atoms with E-state index in [1.807, 2.05) is 18.2 Å². The maximum atomic E-state index is 6.32. The van der Waals surface area contributed by atoms with E-state index in [2.05, 4.69) is 84.6 Å². The first-order chi connectivity index (χ1) is 12.8. The lowest BCUT2D eigenvalue weighted by molar-refractivity contribution is -0.395. The van der Waals surface area contributed by atoms with Gasteiger partial charge in [0, 0.05) is 11.6 Å². The highest BCUT2D eigenvalue weighted by Crippen LogP contribution is 2.40. The molecule has 0 N–H and O–H groups in total. The average molecular weight is 336 g/mol. The second kappa shape index (κ2) is 5.85. The number of hydrogen-bond donors (Lipinski definition) is 0. The standard InChI is InChI=1S/C24H18NO/c1-25-16-21(18-11-5-7-13-22(18)25)24-15-20(17-9-3-2-4-10-17)19-12-6-8-14-23(19)26-24/h2-16H,1H3/q+1/b24-21+. The van der Waals surface area contributed by atoms with Crippen molar-refractivity contribution in [2.45, 2.75) is 0 Å². The zero-order valence-electron chi connectivity index (χ0n) is 14.5. The molecule has 0 aliphatic carbocycles. The van der Waals surface area contributed by atoms with Crippen LogP contribution in [0.5, 0.6) is 5.75 Å². The molecule has 0 radical (unpaired) electrons. The van der Waals surface area contributed by atoms with Crippen LogP contribution in [0.1, 0.15) is 16.7 Å². The molecule has 5 rings (SSSR count). The predicted molar refractivity (Wildman–Crippen MR) is 106 cm³/mol. The monoisotopic (exact) mass is 336 g/mol. The second-order valence-corrected chi connectivity index (χ2v) is 6.56. The lowest BCUT2D eigenvalue weighted by atomic mass is 9.93. The van der Waals surface area contributed by atoms with Crippen LogP contribution in [0, 0.1) is 0 Å². The largest absolute Gasteiger partial charge is 0.456 e. The summed E-state index contributed by atoms with van der Waals surface area (Å²) < 4.78 is 8.47. The van der Waals surface area contributed by atoms with E-state index in [-0.39, 0.29) is 0 Å². The summed E-state index contributed by atoms with van der Waals surface area (Å²) in [5.74, 6) is 1.79. The van der Waals surface area contributed by atoms with E-state index < -0.39 is 0 Å². The van der Waals surface area contributed by atoms with Gasteiger partial charge < -0.3 is 4.74 Å². The molecule has 2 aliphatic heterocycles. The quantitative estimate of drug-likeness (QED) is 0.551. The lowest BCUT2D eigenvalue weighted by Gasteiger charge is -2.21. The van der Waals surface area contributed by atoms with Crippen molar-refractivity contribution in [2.24, 2.45) is 0 Å². The highest BCUT2D eigenvalue weighted by Gasteiger charge is 2.28. The smallest absolute Gasteiger partial charge is 0.213 e. The van der Waals surface area contributed by atoms with Gasteiger partial charge in [0.2, 0.25) is 5.69 Å². The summed E-state index contributed by atoms with van der Waals surface area (Å²) in [6.07, 6.45) is 4.31. The van der Waals surface area contributed by atoms with Crippen molar-refractivity contribution in [3.05, 3.63) is 107 Å². The Bertz CT molecular complexity index is 1100. The Morgan fingerprint density at radius 1 is 0.731 bits per heavy atom. The maximum Gasteiger partial charge on any atom is 0.213 e. The first-order valence-corrected chi connectivity index (χ1v) is 8.77. The van der Waals surface area contributed by atoms with Crippen LogP contribution >= 0.6 is 0 Å². The molecule has 3 aromatic rings. The van der Waals surface area contributed by atoms with Crippen molar-refractivity contribution in [3.8, 4) is 5.75 Å². The molecule has 0 amide bonds. The minimum Gasteiger partial charge on any atom is -0.456 e. The van der Waals surface area contributed by atoms with Gasteiger partial charge in [-0.3, -0.25) is 0 Å². The van der Waals surface area contributed by atoms with Crippen LogP contribution in [-0.4, -0.2) is 17.8 Å². The van der Waals surface area contributed by atoms with Crippen molar-refractivity contribution >= 4 is 23.0 Å². The van der Waals surface area contributed by atoms with E-state index in [4.69, 9.17) is 4.74 Å². The summed E-state index contributed by atoms with van der Waals surface area (Å²) in [6, 6.07) is 27.2. The third-order valence-corrected chi connectivity index (χ3v) is 4.92. The Balaban J connectivity index is 1.76. The predicted octanol–water partition coefficient (Wildman–Crippen LogP) is 5.28. The van der Waals surface area contributed by atoms with E-state index in [1.165, 1.54) is 22.4 Å². The van der Waals surface area contributed by atoms with Crippen LogP contribution < -0.4 is 4.74 Å². The van der Waals surface area contributed by atoms with E-state index in [0.29, 0.717) is 0 Å². The fourth-order valence-electron chi connectivity index (χ4n) is 3.66. The average Bonchev–Trinajstić information content (AvgIpc) is 3.05. The fourth-order valence-corrected chi connectivity index (χ4v) is 3.66. The summed E-state index contributed by atoms with van der Waals surface area (Å²) in [6.45, 7) is 0. The zero-order valence-corrected chi connectivity index (χ0v) is 14.5. The number of rotatable bonds is 1. The summed E-state index contributed by atoms with van der Waals surface area (Å²) in [4.78, 5) is 0. The van der Waals surface area contributed by atoms with Crippen molar-refractivity contribution in [1.29, 1.82) is 0 Å². The molecule has 3 aromatic carbocycles. The minimum atomic E-state index is 0.888. The molecular formula is C24H18NO+. The molecule has 0 spiro atoms. The number of ether oxygens (including phenoxy) is 1. The summed E-state index contributed by atoms with van der Waals surface area (Å²) in [7, 11) is 2.07. The highest BCUT2D eigenvalue weighted by molar-refractivity contribution is 6.14. The normalized spacial score (nSPS) is 17.7. The van der Waals surface area contributed by atoms with E-state index in [0.717, 1.165) is 22.6 Å². The van der Waals surface area contributed by atoms with Gasteiger partial charge in [-0.25, -0.2) is 4.58 Å². The van der Waals surface area contributed by atoms with Gasteiger partial charge in [-0.05, 0) is 29.3 Å². The number of para-hydroxylation sites is 2. The Kier molecular flexibility index (Phi) is 3.36. The van der Waals surface area contributed by atoms with Crippen molar-refractivity contribution in [2.75, 3.05) is 7.05 Å². The number of allylic oxidation sites excluding steroid dienone is 2. The maximum absolute atomic E-state index is 6.32. The molecule has 0 saturated carbocycles. The Morgan fingerprint density at radius 3 is 2.27 bits per heavy atom. The highest BCUT2D eigenvalue weighted by atomic mass is 16.5. The molecule has 2 aliphatic rings. The van der Waals surface area contributed by atoms with Gasteiger partial charge in [0.15, 0.2) is 6.21 Å². The second-order valence-electron chi connectivity index (χ2n) is 6.56. The molecule has 0 aromatic heterocycles. The Labute approximate surface area is 153 Å². The SMILES string of the molecule is C[N+]1=C/C(=C2/C=C(c3ccccc3)c3ccccc3O2)c2ccccc21. The van der Waals surface area contributed by atoms with Gasteiger partial charge in [-0.1, -0.05) is 60.7 Å². The molecule has 2 nitrogen and oxygen atoms in total. The molecular weight excluding hydrogens is 318 g/mol. The first kappa shape index (κ1) is 14.9. The molecule has 124 valence electrons.